The van der Waals surface area contributed by atoms with Gasteiger partial charge in [-0.15, -0.1) is 0 Å². The third-order valence-electron chi connectivity index (χ3n) is 3.61. The molecule has 0 spiro atoms. The van der Waals surface area contributed by atoms with Crippen LogP contribution in [0.25, 0.3) is 0 Å². The Bertz CT molecular complexity index is 638. The van der Waals surface area contributed by atoms with E-state index in [1.165, 1.54) is 0 Å². The summed E-state index contributed by atoms with van der Waals surface area (Å²) in [5.74, 6) is -2.95. The van der Waals surface area contributed by atoms with Crippen LogP contribution in [0.1, 0.15) is 46.6 Å². The van der Waals surface area contributed by atoms with Crippen LogP contribution in [0.15, 0.2) is 30.3 Å². The van der Waals surface area contributed by atoms with Gasteiger partial charge in [-0.1, -0.05) is 44.2 Å². The number of alkyl carbamates (subject to hydrolysis) is 1. The van der Waals surface area contributed by atoms with Crippen LogP contribution in [0, 0.1) is 11.8 Å². The monoisotopic (exact) mass is 378 g/mol. The minimum atomic E-state index is -1.18. The van der Waals surface area contributed by atoms with E-state index >= 15 is 0 Å². The molecule has 0 aliphatic carbocycles. The zero-order chi connectivity index (χ0) is 20.6. The van der Waals surface area contributed by atoms with Gasteiger partial charge in [-0.05, 0) is 38.7 Å². The lowest BCUT2D eigenvalue weighted by Crippen LogP contribution is -2.52. The Balaban J connectivity index is 2.90. The van der Waals surface area contributed by atoms with Crippen LogP contribution in [-0.4, -0.2) is 34.8 Å². The molecule has 150 valence electrons. The van der Waals surface area contributed by atoms with E-state index in [1.807, 2.05) is 44.2 Å². The van der Waals surface area contributed by atoms with Crippen LogP contribution in [0.5, 0.6) is 0 Å². The highest BCUT2D eigenvalue weighted by Crippen LogP contribution is 2.13. The molecule has 3 N–H and O–H groups in total. The molecule has 0 aliphatic heterocycles. The Morgan fingerprint density at radius 2 is 1.67 bits per heavy atom. The first-order chi connectivity index (χ1) is 12.5. The van der Waals surface area contributed by atoms with Crippen LogP contribution in [-0.2, 0) is 20.7 Å². The summed E-state index contributed by atoms with van der Waals surface area (Å²) in [7, 11) is 0. The molecular weight excluding hydrogens is 348 g/mol. The van der Waals surface area contributed by atoms with E-state index in [4.69, 9.17) is 4.74 Å². The van der Waals surface area contributed by atoms with Gasteiger partial charge in [0, 0.05) is 6.42 Å². The predicted octanol–water partition coefficient (Wildman–Crippen LogP) is 2.94. The third kappa shape index (κ3) is 9.08. The van der Waals surface area contributed by atoms with E-state index in [2.05, 4.69) is 10.6 Å². The Labute approximate surface area is 160 Å². The number of carboxylic acid groups (broad SMARTS) is 1. The molecule has 0 saturated heterocycles. The number of hydrogen-bond donors (Lipinski definition) is 3. The van der Waals surface area contributed by atoms with Gasteiger partial charge in [-0.25, -0.2) is 4.79 Å². The van der Waals surface area contributed by atoms with Gasteiger partial charge in [0.15, 0.2) is 0 Å². The maximum absolute atomic E-state index is 12.5. The highest BCUT2D eigenvalue weighted by atomic mass is 16.6. The summed E-state index contributed by atoms with van der Waals surface area (Å²) in [6.45, 7) is 8.91. The molecule has 0 aliphatic rings. The van der Waals surface area contributed by atoms with Crippen molar-refractivity contribution in [3.63, 3.8) is 0 Å². The highest BCUT2D eigenvalue weighted by Gasteiger charge is 2.29. The third-order valence-corrected chi connectivity index (χ3v) is 3.61. The molecule has 1 aromatic rings. The van der Waals surface area contributed by atoms with Gasteiger partial charge in [-0.3, -0.25) is 9.59 Å². The number of rotatable bonds is 8. The molecule has 2 atom stereocenters. The Morgan fingerprint density at radius 1 is 1.07 bits per heavy atom. The molecule has 0 unspecified atom stereocenters. The lowest BCUT2D eigenvalue weighted by Gasteiger charge is -2.25. The van der Waals surface area contributed by atoms with E-state index in [9.17, 15) is 19.5 Å². The molecule has 0 bridgehead atoms. The van der Waals surface area contributed by atoms with Crippen LogP contribution in [0.4, 0.5) is 4.79 Å². The minimum absolute atomic E-state index is 0.0447. The second-order valence-corrected chi connectivity index (χ2v) is 7.92. The molecule has 1 rings (SSSR count). The summed E-state index contributed by atoms with van der Waals surface area (Å²) in [5.41, 5.74) is 0.196. The summed E-state index contributed by atoms with van der Waals surface area (Å²) in [4.78, 5) is 36.1. The van der Waals surface area contributed by atoms with Gasteiger partial charge in [0.1, 0.15) is 17.7 Å². The van der Waals surface area contributed by atoms with Crippen molar-refractivity contribution < 1.29 is 24.2 Å². The Kier molecular flexibility index (Phi) is 8.28. The SMILES string of the molecule is CC(C)C[C@@H](C(=O)O)C(=O)N[C@@H](Cc1ccccc1)NC(=O)OC(C)(C)C. The van der Waals surface area contributed by atoms with Crippen molar-refractivity contribution in [2.45, 2.75) is 59.2 Å². The molecule has 7 heteroatoms. The number of benzene rings is 1. The minimum Gasteiger partial charge on any atom is -0.481 e. The summed E-state index contributed by atoms with van der Waals surface area (Å²) < 4.78 is 5.24. The van der Waals surface area contributed by atoms with E-state index < -0.39 is 35.7 Å². The van der Waals surface area contributed by atoms with Gasteiger partial charge in [0.05, 0.1) is 0 Å². The van der Waals surface area contributed by atoms with Crippen molar-refractivity contribution in [3.8, 4) is 0 Å². The van der Waals surface area contributed by atoms with E-state index in [0.29, 0.717) is 6.42 Å². The van der Waals surface area contributed by atoms with Crippen LogP contribution < -0.4 is 10.6 Å². The average Bonchev–Trinajstić information content (AvgIpc) is 2.51. The fourth-order valence-electron chi connectivity index (χ4n) is 2.50. The topological polar surface area (TPSA) is 105 Å². The molecule has 0 radical (unpaired) electrons. The number of nitrogens with one attached hydrogen (secondary N) is 2. The van der Waals surface area contributed by atoms with Gasteiger partial charge in [0.25, 0.3) is 0 Å². The molecule has 7 nitrogen and oxygen atoms in total. The fourth-order valence-corrected chi connectivity index (χ4v) is 2.50. The first kappa shape index (κ1) is 22.5. The number of hydrogen-bond acceptors (Lipinski definition) is 4. The summed E-state index contributed by atoms with van der Waals surface area (Å²) >= 11 is 0. The number of carboxylic acids is 1. The maximum Gasteiger partial charge on any atom is 0.409 e. The number of carbonyl (C=O) groups excluding carboxylic acids is 2. The van der Waals surface area contributed by atoms with Crippen molar-refractivity contribution in [1.29, 1.82) is 0 Å². The van der Waals surface area contributed by atoms with Crippen molar-refractivity contribution in [1.82, 2.24) is 10.6 Å². The van der Waals surface area contributed by atoms with E-state index in [0.717, 1.165) is 5.56 Å². The van der Waals surface area contributed by atoms with Crippen molar-refractivity contribution in [3.05, 3.63) is 35.9 Å². The van der Waals surface area contributed by atoms with E-state index in [1.54, 1.807) is 20.8 Å². The second kappa shape index (κ2) is 9.94. The number of carbonyl (C=O) groups is 3. The first-order valence-electron chi connectivity index (χ1n) is 9.04. The maximum atomic E-state index is 12.5. The Hall–Kier alpha value is -2.57. The fraction of sp³-hybridized carbons (Fsp3) is 0.550. The van der Waals surface area contributed by atoms with Crippen molar-refractivity contribution in [2.75, 3.05) is 0 Å². The molecule has 0 heterocycles. The van der Waals surface area contributed by atoms with Crippen molar-refractivity contribution >= 4 is 18.0 Å². The van der Waals surface area contributed by atoms with Gasteiger partial charge < -0.3 is 20.5 Å². The lowest BCUT2D eigenvalue weighted by molar-refractivity contribution is -0.147. The molecule has 27 heavy (non-hydrogen) atoms. The predicted molar refractivity (Wildman–Crippen MR) is 102 cm³/mol. The number of aliphatic carboxylic acids is 1. The number of ether oxygens (including phenoxy) is 1. The molecular formula is C20H30N2O5. The Morgan fingerprint density at radius 3 is 2.15 bits per heavy atom. The average molecular weight is 378 g/mol. The van der Waals surface area contributed by atoms with Gasteiger partial charge in [-0.2, -0.15) is 0 Å². The molecule has 0 fully saturated rings. The van der Waals surface area contributed by atoms with Gasteiger partial charge in [0.2, 0.25) is 5.91 Å². The largest absolute Gasteiger partial charge is 0.481 e. The molecule has 0 aromatic heterocycles. The quantitative estimate of drug-likeness (QED) is 0.476. The first-order valence-corrected chi connectivity index (χ1v) is 9.04. The second-order valence-electron chi connectivity index (χ2n) is 7.92. The molecule has 2 amide bonds. The van der Waals surface area contributed by atoms with Crippen LogP contribution in [0.2, 0.25) is 0 Å². The number of amides is 2. The molecule has 0 saturated carbocycles. The van der Waals surface area contributed by atoms with Gasteiger partial charge >= 0.3 is 12.1 Å². The van der Waals surface area contributed by atoms with Crippen LogP contribution in [0.3, 0.4) is 0 Å². The highest BCUT2D eigenvalue weighted by molar-refractivity contribution is 5.97. The normalized spacial score (nSPS) is 13.6. The summed E-state index contributed by atoms with van der Waals surface area (Å²) in [6, 6.07) is 9.28. The molecule has 1 aromatic carbocycles. The van der Waals surface area contributed by atoms with Crippen molar-refractivity contribution in [2.24, 2.45) is 11.8 Å². The lowest BCUT2D eigenvalue weighted by atomic mass is 9.96. The van der Waals surface area contributed by atoms with E-state index in [-0.39, 0.29) is 12.3 Å². The smallest absolute Gasteiger partial charge is 0.409 e. The summed E-state index contributed by atoms with van der Waals surface area (Å²) in [5, 5.41) is 14.6. The standard InChI is InChI=1S/C20H30N2O5/c1-13(2)11-15(18(24)25)17(23)21-16(12-14-9-7-6-8-10-14)22-19(26)27-20(3,4)5/h6-10,13,15-16H,11-12H2,1-5H3,(H,21,23)(H,22,26)(H,24,25)/t15-,16-/m1/s1. The zero-order valence-electron chi connectivity index (χ0n) is 16.6. The zero-order valence-corrected chi connectivity index (χ0v) is 16.6. The van der Waals surface area contributed by atoms with Crippen LogP contribution >= 0.6 is 0 Å². The summed E-state index contributed by atoms with van der Waals surface area (Å²) in [6.07, 6.45) is -0.950.